The van der Waals surface area contributed by atoms with Gasteiger partial charge in [0.05, 0.1) is 5.02 Å². The predicted octanol–water partition coefficient (Wildman–Crippen LogP) is 4.40. The van der Waals surface area contributed by atoms with Crippen LogP contribution in [0.5, 0.6) is 5.75 Å². The summed E-state index contributed by atoms with van der Waals surface area (Å²) in [6, 6.07) is 13.9. The van der Waals surface area contributed by atoms with Crippen LogP contribution >= 0.6 is 27.5 Å². The van der Waals surface area contributed by atoms with E-state index < -0.39 is 0 Å². The fraction of sp³-hybridized carbons (Fsp3) is 0.200. The number of hydrogen-bond acceptors (Lipinski definition) is 2. The predicted molar refractivity (Wildman–Crippen MR) is 82.7 cm³/mol. The van der Waals surface area contributed by atoms with Crippen molar-refractivity contribution in [1.82, 2.24) is 5.32 Å². The Balaban J connectivity index is 2.03. The van der Waals surface area contributed by atoms with Crippen molar-refractivity contribution in [3.63, 3.8) is 0 Å². The van der Waals surface area contributed by atoms with Crippen LogP contribution in [0.15, 0.2) is 46.9 Å². The molecule has 2 nitrogen and oxygen atoms in total. The maximum absolute atomic E-state index is 6.20. The normalized spacial score (nSPS) is 10.5. The van der Waals surface area contributed by atoms with E-state index in [-0.39, 0.29) is 0 Å². The van der Waals surface area contributed by atoms with E-state index in [1.807, 2.05) is 49.5 Å². The Morgan fingerprint density at radius 1 is 1.16 bits per heavy atom. The monoisotopic (exact) mass is 339 g/mol. The van der Waals surface area contributed by atoms with E-state index in [4.69, 9.17) is 16.3 Å². The Labute approximate surface area is 126 Å². The van der Waals surface area contributed by atoms with E-state index >= 15 is 0 Å². The van der Waals surface area contributed by atoms with Gasteiger partial charge >= 0.3 is 0 Å². The molecule has 0 heterocycles. The molecular formula is C15H15BrClNO. The fourth-order valence-electron chi connectivity index (χ4n) is 1.76. The standard InChI is InChI=1S/C15H15BrClNO/c1-18-9-11-5-6-15(14(17)8-11)19-10-12-3-2-4-13(16)7-12/h2-8,18H,9-10H2,1H3. The first-order valence-electron chi connectivity index (χ1n) is 5.99. The summed E-state index contributed by atoms with van der Waals surface area (Å²) >= 11 is 9.64. The molecule has 0 saturated carbocycles. The molecule has 0 atom stereocenters. The number of rotatable bonds is 5. The molecule has 0 bridgehead atoms. The van der Waals surface area contributed by atoms with E-state index in [2.05, 4.69) is 21.2 Å². The van der Waals surface area contributed by atoms with Gasteiger partial charge in [0.15, 0.2) is 0 Å². The summed E-state index contributed by atoms with van der Waals surface area (Å²) in [6.45, 7) is 1.30. The van der Waals surface area contributed by atoms with Crippen LogP contribution in [0.2, 0.25) is 5.02 Å². The van der Waals surface area contributed by atoms with E-state index in [0.717, 1.165) is 22.1 Å². The number of benzene rings is 2. The van der Waals surface area contributed by atoms with Gasteiger partial charge in [0.2, 0.25) is 0 Å². The molecule has 100 valence electrons. The lowest BCUT2D eigenvalue weighted by molar-refractivity contribution is 0.306. The molecule has 2 aromatic rings. The molecule has 0 unspecified atom stereocenters. The van der Waals surface area contributed by atoms with Crippen molar-refractivity contribution in [2.75, 3.05) is 7.05 Å². The smallest absolute Gasteiger partial charge is 0.138 e. The van der Waals surface area contributed by atoms with Crippen LogP contribution in [0.25, 0.3) is 0 Å². The highest BCUT2D eigenvalue weighted by Crippen LogP contribution is 2.26. The van der Waals surface area contributed by atoms with Crippen molar-refractivity contribution in [1.29, 1.82) is 0 Å². The minimum Gasteiger partial charge on any atom is -0.487 e. The first-order valence-corrected chi connectivity index (χ1v) is 7.16. The molecule has 1 N–H and O–H groups in total. The van der Waals surface area contributed by atoms with Crippen molar-refractivity contribution >= 4 is 27.5 Å². The number of halogens is 2. The number of hydrogen-bond donors (Lipinski definition) is 1. The van der Waals surface area contributed by atoms with Crippen molar-refractivity contribution in [3.8, 4) is 5.75 Å². The second-order valence-corrected chi connectivity index (χ2v) is 5.54. The van der Waals surface area contributed by atoms with Crippen LogP contribution in [0.3, 0.4) is 0 Å². The lowest BCUT2D eigenvalue weighted by Gasteiger charge is -2.10. The molecule has 2 aromatic carbocycles. The molecule has 19 heavy (non-hydrogen) atoms. The Morgan fingerprint density at radius 2 is 2.00 bits per heavy atom. The molecule has 0 aliphatic rings. The first kappa shape index (κ1) is 14.4. The third kappa shape index (κ3) is 4.23. The maximum Gasteiger partial charge on any atom is 0.138 e. The zero-order chi connectivity index (χ0) is 13.7. The molecule has 0 radical (unpaired) electrons. The van der Waals surface area contributed by atoms with E-state index in [9.17, 15) is 0 Å². The largest absolute Gasteiger partial charge is 0.487 e. The van der Waals surface area contributed by atoms with Gasteiger partial charge in [-0.05, 0) is 42.4 Å². The van der Waals surface area contributed by atoms with Crippen molar-refractivity contribution in [2.45, 2.75) is 13.2 Å². The average molecular weight is 341 g/mol. The SMILES string of the molecule is CNCc1ccc(OCc2cccc(Br)c2)c(Cl)c1. The summed E-state index contributed by atoms with van der Waals surface area (Å²) in [4.78, 5) is 0. The highest BCUT2D eigenvalue weighted by atomic mass is 79.9. The lowest BCUT2D eigenvalue weighted by atomic mass is 10.2. The first-order chi connectivity index (χ1) is 9.19. The summed E-state index contributed by atoms with van der Waals surface area (Å²) in [5, 5.41) is 3.73. The third-order valence-electron chi connectivity index (χ3n) is 2.66. The van der Waals surface area contributed by atoms with Crippen LogP contribution in [0, 0.1) is 0 Å². The quantitative estimate of drug-likeness (QED) is 0.871. The number of ether oxygens (including phenoxy) is 1. The molecular weight excluding hydrogens is 326 g/mol. The van der Waals surface area contributed by atoms with E-state index in [1.54, 1.807) is 0 Å². The third-order valence-corrected chi connectivity index (χ3v) is 3.45. The molecule has 2 rings (SSSR count). The summed E-state index contributed by atoms with van der Waals surface area (Å²) in [5.41, 5.74) is 2.24. The summed E-state index contributed by atoms with van der Waals surface area (Å²) in [6.07, 6.45) is 0. The Bertz CT molecular complexity index is 560. The zero-order valence-electron chi connectivity index (χ0n) is 10.6. The Hall–Kier alpha value is -1.03. The fourth-order valence-corrected chi connectivity index (χ4v) is 2.47. The van der Waals surface area contributed by atoms with Gasteiger partial charge < -0.3 is 10.1 Å². The van der Waals surface area contributed by atoms with Crippen molar-refractivity contribution < 1.29 is 4.74 Å². The van der Waals surface area contributed by atoms with Crippen LogP contribution in [-0.4, -0.2) is 7.05 Å². The van der Waals surface area contributed by atoms with Gasteiger partial charge in [-0.25, -0.2) is 0 Å². The van der Waals surface area contributed by atoms with Gasteiger partial charge in [0.25, 0.3) is 0 Å². The van der Waals surface area contributed by atoms with Crippen LogP contribution in [0.1, 0.15) is 11.1 Å². The Kier molecular flexibility index (Phi) is 5.25. The zero-order valence-corrected chi connectivity index (χ0v) is 13.0. The summed E-state index contributed by atoms with van der Waals surface area (Å²) < 4.78 is 6.78. The molecule has 4 heteroatoms. The molecule has 0 amide bonds. The van der Waals surface area contributed by atoms with Crippen LogP contribution < -0.4 is 10.1 Å². The van der Waals surface area contributed by atoms with Crippen molar-refractivity contribution in [2.24, 2.45) is 0 Å². The number of nitrogens with one attached hydrogen (secondary N) is 1. The van der Waals surface area contributed by atoms with Crippen LogP contribution in [0.4, 0.5) is 0 Å². The summed E-state index contributed by atoms with van der Waals surface area (Å²) in [7, 11) is 1.91. The van der Waals surface area contributed by atoms with E-state index in [0.29, 0.717) is 17.4 Å². The van der Waals surface area contributed by atoms with E-state index in [1.165, 1.54) is 0 Å². The van der Waals surface area contributed by atoms with Gasteiger partial charge in [-0.3, -0.25) is 0 Å². The van der Waals surface area contributed by atoms with Gasteiger partial charge in [-0.15, -0.1) is 0 Å². The molecule has 0 spiro atoms. The van der Waals surface area contributed by atoms with Gasteiger partial charge in [-0.1, -0.05) is 45.7 Å². The minimum atomic E-state index is 0.504. The summed E-state index contributed by atoms with van der Waals surface area (Å²) in [5.74, 6) is 0.710. The molecule has 0 aliphatic carbocycles. The maximum atomic E-state index is 6.20. The highest BCUT2D eigenvalue weighted by molar-refractivity contribution is 9.10. The topological polar surface area (TPSA) is 21.3 Å². The Morgan fingerprint density at radius 3 is 2.68 bits per heavy atom. The lowest BCUT2D eigenvalue weighted by Crippen LogP contribution is -2.05. The van der Waals surface area contributed by atoms with Gasteiger partial charge in [-0.2, -0.15) is 0 Å². The molecule has 0 aromatic heterocycles. The van der Waals surface area contributed by atoms with Gasteiger partial charge in [0.1, 0.15) is 12.4 Å². The van der Waals surface area contributed by atoms with Crippen molar-refractivity contribution in [3.05, 3.63) is 63.1 Å². The second-order valence-electron chi connectivity index (χ2n) is 4.21. The van der Waals surface area contributed by atoms with Gasteiger partial charge in [0, 0.05) is 11.0 Å². The second kappa shape index (κ2) is 6.94. The highest BCUT2D eigenvalue weighted by Gasteiger charge is 2.03. The van der Waals surface area contributed by atoms with Crippen LogP contribution in [-0.2, 0) is 13.2 Å². The molecule has 0 fully saturated rings. The average Bonchev–Trinajstić information content (AvgIpc) is 2.38. The molecule has 0 aliphatic heterocycles. The molecule has 0 saturated heterocycles. The minimum absolute atomic E-state index is 0.504.